The van der Waals surface area contributed by atoms with Crippen LogP contribution in [0.3, 0.4) is 0 Å². The maximum absolute atomic E-state index is 13.8. The smallest absolute Gasteiger partial charge is 0.243 e. The zero-order valence-electron chi connectivity index (χ0n) is 23.2. The summed E-state index contributed by atoms with van der Waals surface area (Å²) < 4.78 is 29.2. The molecule has 3 aliphatic rings. The van der Waals surface area contributed by atoms with Crippen molar-refractivity contribution in [2.24, 2.45) is 5.41 Å². The van der Waals surface area contributed by atoms with Gasteiger partial charge in [0.15, 0.2) is 5.78 Å². The third-order valence-corrected chi connectivity index (χ3v) is 10.5. The van der Waals surface area contributed by atoms with Gasteiger partial charge in [-0.2, -0.15) is 4.31 Å². The highest BCUT2D eigenvalue weighted by atomic mass is 32.2. The molecule has 5 rings (SSSR count). The van der Waals surface area contributed by atoms with E-state index < -0.39 is 10.0 Å². The summed E-state index contributed by atoms with van der Waals surface area (Å²) in [6.07, 6.45) is 4.31. The first-order valence-corrected chi connectivity index (χ1v) is 15.3. The molecule has 204 valence electrons. The van der Waals surface area contributed by atoms with E-state index in [1.165, 1.54) is 11.3 Å². The van der Waals surface area contributed by atoms with Crippen molar-refractivity contribution in [1.82, 2.24) is 9.21 Å². The number of rotatable bonds is 5. The van der Waals surface area contributed by atoms with Crippen LogP contribution >= 0.6 is 0 Å². The molecule has 0 bridgehead atoms. The zero-order chi connectivity index (χ0) is 27.1. The van der Waals surface area contributed by atoms with E-state index in [9.17, 15) is 13.2 Å². The van der Waals surface area contributed by atoms with E-state index in [-0.39, 0.29) is 16.6 Å². The molecule has 2 aromatic rings. The number of sulfonamides is 1. The highest BCUT2D eigenvalue weighted by molar-refractivity contribution is 7.89. The molecule has 0 amide bonds. The molecule has 2 saturated heterocycles. The van der Waals surface area contributed by atoms with Gasteiger partial charge in [-0.25, -0.2) is 8.42 Å². The summed E-state index contributed by atoms with van der Waals surface area (Å²) in [5.41, 5.74) is 4.28. The minimum atomic E-state index is -3.63. The lowest BCUT2D eigenvalue weighted by molar-refractivity contribution is -0.116. The average Bonchev–Trinajstić information content (AvgIpc) is 2.89. The van der Waals surface area contributed by atoms with Crippen LogP contribution < -0.4 is 4.90 Å². The van der Waals surface area contributed by atoms with Crippen molar-refractivity contribution >= 4 is 21.5 Å². The van der Waals surface area contributed by atoms with Crippen molar-refractivity contribution in [2.75, 3.05) is 51.2 Å². The standard InChI is InChI=1S/C31H41N3O3S/c1-30(2,3)25-7-11-29(12-8-25)38(36,37)34-16-14-26-21-28(35)13-15-31(26,23-34)22-24-5-9-27(10-6-24)33-19-17-32(4)18-20-33/h5-12,21H,13-20,22-23H2,1-4H3. The van der Waals surface area contributed by atoms with Crippen molar-refractivity contribution in [3.63, 3.8) is 0 Å². The van der Waals surface area contributed by atoms with Crippen molar-refractivity contribution < 1.29 is 13.2 Å². The van der Waals surface area contributed by atoms with Gasteiger partial charge in [-0.1, -0.05) is 50.6 Å². The molecule has 7 heteroatoms. The van der Waals surface area contributed by atoms with E-state index in [1.54, 1.807) is 16.4 Å². The predicted octanol–water partition coefficient (Wildman–Crippen LogP) is 4.65. The summed E-state index contributed by atoms with van der Waals surface area (Å²) in [5, 5.41) is 0. The van der Waals surface area contributed by atoms with Gasteiger partial charge in [0.05, 0.1) is 4.90 Å². The second-order valence-corrected chi connectivity index (χ2v) is 14.4. The Labute approximate surface area is 228 Å². The number of benzene rings is 2. The number of hydrogen-bond acceptors (Lipinski definition) is 5. The first-order chi connectivity index (χ1) is 18.0. The van der Waals surface area contributed by atoms with Gasteiger partial charge in [-0.05, 0) is 73.2 Å². The first-order valence-electron chi connectivity index (χ1n) is 13.8. The van der Waals surface area contributed by atoms with Crippen LogP contribution in [0.4, 0.5) is 5.69 Å². The topological polar surface area (TPSA) is 60.9 Å². The van der Waals surface area contributed by atoms with Crippen LogP contribution in [0, 0.1) is 5.41 Å². The summed E-state index contributed by atoms with van der Waals surface area (Å²) >= 11 is 0. The summed E-state index contributed by atoms with van der Waals surface area (Å²) in [7, 11) is -1.47. The van der Waals surface area contributed by atoms with E-state index in [2.05, 4.69) is 61.9 Å². The molecule has 1 unspecified atom stereocenters. The van der Waals surface area contributed by atoms with E-state index >= 15 is 0 Å². The van der Waals surface area contributed by atoms with E-state index in [1.807, 2.05) is 18.2 Å². The summed E-state index contributed by atoms with van der Waals surface area (Å²) in [4.78, 5) is 17.5. The van der Waals surface area contributed by atoms with Crippen LogP contribution in [0.1, 0.15) is 51.2 Å². The maximum Gasteiger partial charge on any atom is 0.243 e. The Bertz CT molecular complexity index is 1300. The fraction of sp³-hybridized carbons (Fsp3) is 0.516. The highest BCUT2D eigenvalue weighted by Crippen LogP contribution is 2.46. The van der Waals surface area contributed by atoms with E-state index in [0.717, 1.165) is 43.7 Å². The van der Waals surface area contributed by atoms with Crippen LogP contribution in [-0.2, 0) is 26.7 Å². The Morgan fingerprint density at radius 2 is 1.53 bits per heavy atom. The molecule has 2 heterocycles. The molecule has 1 atom stereocenters. The molecule has 38 heavy (non-hydrogen) atoms. The fourth-order valence-electron chi connectivity index (χ4n) is 6.14. The molecule has 2 aromatic carbocycles. The van der Waals surface area contributed by atoms with Gasteiger partial charge in [0.2, 0.25) is 10.0 Å². The average molecular weight is 536 g/mol. The fourth-order valence-corrected chi connectivity index (χ4v) is 7.67. The molecule has 0 N–H and O–H groups in total. The second kappa shape index (κ2) is 10.2. The Kier molecular flexibility index (Phi) is 7.31. The lowest BCUT2D eigenvalue weighted by Gasteiger charge is -2.46. The molecule has 0 saturated carbocycles. The summed E-state index contributed by atoms with van der Waals surface area (Å²) in [5.74, 6) is 0.162. The number of nitrogens with zero attached hydrogens (tertiary/aromatic N) is 3. The number of carbonyl (C=O) groups excluding carboxylic acids is 1. The molecule has 0 spiro atoms. The van der Waals surface area contributed by atoms with Gasteiger partial charge in [-0.3, -0.25) is 4.79 Å². The largest absolute Gasteiger partial charge is 0.369 e. The minimum absolute atomic E-state index is 0.0360. The second-order valence-electron chi connectivity index (χ2n) is 12.4. The van der Waals surface area contributed by atoms with Gasteiger partial charge in [-0.15, -0.1) is 0 Å². The number of carbonyl (C=O) groups is 1. The molecular weight excluding hydrogens is 494 g/mol. The van der Waals surface area contributed by atoms with Gasteiger partial charge >= 0.3 is 0 Å². The van der Waals surface area contributed by atoms with Crippen molar-refractivity contribution in [2.45, 2.75) is 56.8 Å². The van der Waals surface area contributed by atoms with Crippen LogP contribution in [0.15, 0.2) is 65.1 Å². The first kappa shape index (κ1) is 27.1. The van der Waals surface area contributed by atoms with Crippen LogP contribution in [0.5, 0.6) is 0 Å². The lowest BCUT2D eigenvalue weighted by Crippen LogP contribution is -2.49. The number of piperidine rings is 1. The van der Waals surface area contributed by atoms with Crippen molar-refractivity contribution in [3.8, 4) is 0 Å². The number of ketones is 1. The van der Waals surface area contributed by atoms with Gasteiger partial charge in [0.25, 0.3) is 0 Å². The number of allylic oxidation sites excluding steroid dienone is 1. The molecule has 2 aliphatic heterocycles. The number of piperazine rings is 1. The van der Waals surface area contributed by atoms with Crippen molar-refractivity contribution in [1.29, 1.82) is 0 Å². The quantitative estimate of drug-likeness (QED) is 0.558. The summed E-state index contributed by atoms with van der Waals surface area (Å²) in [6, 6.07) is 16.1. The van der Waals surface area contributed by atoms with Gasteiger partial charge in [0.1, 0.15) is 0 Å². The van der Waals surface area contributed by atoms with Crippen LogP contribution in [0.2, 0.25) is 0 Å². The number of fused-ring (bicyclic) bond motifs is 1. The zero-order valence-corrected chi connectivity index (χ0v) is 24.1. The third kappa shape index (κ3) is 5.47. The van der Waals surface area contributed by atoms with Gasteiger partial charge in [0, 0.05) is 56.8 Å². The minimum Gasteiger partial charge on any atom is -0.369 e. The van der Waals surface area contributed by atoms with E-state index in [4.69, 9.17) is 0 Å². The number of anilines is 1. The Morgan fingerprint density at radius 1 is 0.868 bits per heavy atom. The predicted molar refractivity (Wildman–Crippen MR) is 153 cm³/mol. The molecule has 1 aliphatic carbocycles. The van der Waals surface area contributed by atoms with Crippen LogP contribution in [-0.4, -0.2) is 69.7 Å². The Hall–Kier alpha value is -2.48. The van der Waals surface area contributed by atoms with Gasteiger partial charge < -0.3 is 9.80 Å². The maximum atomic E-state index is 13.8. The molecule has 0 radical (unpaired) electrons. The molecule has 6 nitrogen and oxygen atoms in total. The molecule has 2 fully saturated rings. The molecule has 0 aromatic heterocycles. The number of likely N-dealkylation sites (N-methyl/N-ethyl adjacent to an activating group) is 1. The SMILES string of the molecule is CN1CCN(c2ccc(CC34CCC(=O)C=C3CCN(S(=O)(=O)c3ccc(C(C)(C)C)cc3)C4)cc2)CC1. The normalized spacial score (nSPS) is 23.7. The van der Waals surface area contributed by atoms with Crippen LogP contribution in [0.25, 0.3) is 0 Å². The van der Waals surface area contributed by atoms with E-state index in [0.29, 0.717) is 37.2 Å². The molecular formula is C31H41N3O3S. The Morgan fingerprint density at radius 3 is 2.16 bits per heavy atom. The highest BCUT2D eigenvalue weighted by Gasteiger charge is 2.45. The monoisotopic (exact) mass is 535 g/mol. The van der Waals surface area contributed by atoms with Crippen molar-refractivity contribution in [3.05, 3.63) is 71.3 Å². The lowest BCUT2D eigenvalue weighted by atomic mass is 9.66. The third-order valence-electron chi connectivity index (χ3n) is 8.68. The summed E-state index contributed by atoms with van der Waals surface area (Å²) in [6.45, 7) is 11.4. The number of hydrogen-bond donors (Lipinski definition) is 0. The Balaban J connectivity index is 1.38.